The zero-order chi connectivity index (χ0) is 21.3. The lowest BCUT2D eigenvalue weighted by molar-refractivity contribution is -0.137. The Morgan fingerprint density at radius 1 is 1.00 bits per heavy atom. The lowest BCUT2D eigenvalue weighted by Gasteiger charge is -2.11. The number of nitrogens with zero attached hydrogens (tertiary/aromatic N) is 6. The van der Waals surface area contributed by atoms with E-state index in [0.29, 0.717) is 22.5 Å². The molecule has 30 heavy (non-hydrogen) atoms. The first kappa shape index (κ1) is 19.1. The maximum Gasteiger partial charge on any atom is 0.416 e. The first-order chi connectivity index (χ1) is 14.3. The standard InChI is InChI=1S/C19H13F3N8/c20-19(21,22)11-5-7-12(8-6-11)25-17-27-16(24)28-18(29-17)30-14-4-2-1-3-13(14)26-15(30)9-10-23/h1-8H,9H2,(H3,24,25,27,28,29). The summed E-state index contributed by atoms with van der Waals surface area (Å²) in [7, 11) is 0. The largest absolute Gasteiger partial charge is 0.416 e. The number of nitriles is 1. The normalized spacial score (nSPS) is 11.4. The average Bonchev–Trinajstić information content (AvgIpc) is 3.05. The van der Waals surface area contributed by atoms with Crippen molar-refractivity contribution in [3.63, 3.8) is 0 Å². The molecule has 0 aliphatic rings. The number of para-hydroxylation sites is 2. The fourth-order valence-corrected chi connectivity index (χ4v) is 2.90. The Kier molecular flexibility index (Phi) is 4.67. The van der Waals surface area contributed by atoms with Crippen molar-refractivity contribution in [2.24, 2.45) is 0 Å². The van der Waals surface area contributed by atoms with E-state index < -0.39 is 11.7 Å². The number of nitrogen functional groups attached to an aromatic ring is 1. The van der Waals surface area contributed by atoms with Crippen LogP contribution in [0.5, 0.6) is 0 Å². The molecule has 2 aromatic heterocycles. The molecule has 150 valence electrons. The zero-order valence-corrected chi connectivity index (χ0v) is 15.2. The minimum atomic E-state index is -4.43. The van der Waals surface area contributed by atoms with Crippen molar-refractivity contribution in [1.82, 2.24) is 24.5 Å². The summed E-state index contributed by atoms with van der Waals surface area (Å²) in [5.74, 6) is 0.494. The Balaban J connectivity index is 1.74. The molecule has 0 unspecified atom stereocenters. The predicted octanol–water partition coefficient (Wildman–Crippen LogP) is 3.62. The van der Waals surface area contributed by atoms with Gasteiger partial charge >= 0.3 is 6.18 Å². The van der Waals surface area contributed by atoms with Crippen LogP contribution >= 0.6 is 0 Å². The van der Waals surface area contributed by atoms with Gasteiger partial charge in [-0.2, -0.15) is 33.4 Å². The average molecular weight is 410 g/mol. The summed E-state index contributed by atoms with van der Waals surface area (Å²) in [6.45, 7) is 0. The zero-order valence-electron chi connectivity index (χ0n) is 15.2. The van der Waals surface area contributed by atoms with Gasteiger partial charge in [-0.25, -0.2) is 4.98 Å². The monoisotopic (exact) mass is 410 g/mol. The number of halogens is 3. The number of nitrogens with two attached hydrogens (primary N) is 1. The Morgan fingerprint density at radius 3 is 2.43 bits per heavy atom. The van der Waals surface area contributed by atoms with Crippen LogP contribution in [0.4, 0.5) is 30.8 Å². The van der Waals surface area contributed by atoms with Gasteiger partial charge in [0.15, 0.2) is 0 Å². The third-order valence-corrected chi connectivity index (χ3v) is 4.18. The van der Waals surface area contributed by atoms with Crippen LogP contribution in [-0.2, 0) is 12.6 Å². The van der Waals surface area contributed by atoms with E-state index >= 15 is 0 Å². The van der Waals surface area contributed by atoms with Crippen LogP contribution in [0.2, 0.25) is 0 Å². The molecule has 0 radical (unpaired) electrons. The SMILES string of the molecule is N#CCc1nc2ccccc2n1-c1nc(N)nc(Nc2ccc(C(F)(F)F)cc2)n1. The van der Waals surface area contributed by atoms with E-state index in [1.54, 1.807) is 16.7 Å². The summed E-state index contributed by atoms with van der Waals surface area (Å²) < 4.78 is 39.8. The number of aromatic nitrogens is 5. The van der Waals surface area contributed by atoms with Crippen molar-refractivity contribution in [3.05, 3.63) is 59.9 Å². The summed E-state index contributed by atoms with van der Waals surface area (Å²) in [5, 5.41) is 11.9. The number of imidazole rings is 1. The quantitative estimate of drug-likeness (QED) is 0.527. The highest BCUT2D eigenvalue weighted by molar-refractivity contribution is 5.77. The molecule has 0 aliphatic carbocycles. The summed E-state index contributed by atoms with van der Waals surface area (Å²) in [6.07, 6.45) is -4.41. The molecule has 0 aliphatic heterocycles. The molecule has 0 spiro atoms. The summed E-state index contributed by atoms with van der Waals surface area (Å²) in [4.78, 5) is 16.9. The third kappa shape index (κ3) is 3.70. The van der Waals surface area contributed by atoms with E-state index in [4.69, 9.17) is 11.0 Å². The van der Waals surface area contributed by atoms with Gasteiger partial charge in [0.25, 0.3) is 0 Å². The first-order valence-electron chi connectivity index (χ1n) is 8.64. The van der Waals surface area contributed by atoms with Gasteiger partial charge in [-0.1, -0.05) is 12.1 Å². The van der Waals surface area contributed by atoms with Crippen molar-refractivity contribution in [3.8, 4) is 12.0 Å². The topological polar surface area (TPSA) is 118 Å². The van der Waals surface area contributed by atoms with Gasteiger partial charge in [0.1, 0.15) is 5.82 Å². The Hall–Kier alpha value is -4.20. The van der Waals surface area contributed by atoms with Crippen LogP contribution in [0.15, 0.2) is 48.5 Å². The molecule has 0 bridgehead atoms. The molecule has 4 aromatic rings. The van der Waals surface area contributed by atoms with Gasteiger partial charge < -0.3 is 11.1 Å². The van der Waals surface area contributed by atoms with Crippen LogP contribution in [0, 0.1) is 11.3 Å². The molecule has 4 rings (SSSR count). The van der Waals surface area contributed by atoms with Gasteiger partial charge in [-0.05, 0) is 36.4 Å². The minimum absolute atomic E-state index is 0.0158. The maximum absolute atomic E-state index is 12.7. The van der Waals surface area contributed by atoms with E-state index in [9.17, 15) is 13.2 Å². The number of nitrogens with one attached hydrogen (secondary N) is 1. The van der Waals surface area contributed by atoms with E-state index in [1.165, 1.54) is 12.1 Å². The minimum Gasteiger partial charge on any atom is -0.368 e. The smallest absolute Gasteiger partial charge is 0.368 e. The Labute approximate surface area is 167 Å². The highest BCUT2D eigenvalue weighted by atomic mass is 19.4. The molecule has 11 heteroatoms. The van der Waals surface area contributed by atoms with E-state index in [0.717, 1.165) is 12.1 Å². The molecule has 0 fully saturated rings. The van der Waals surface area contributed by atoms with Crippen LogP contribution in [0.25, 0.3) is 17.0 Å². The molecule has 0 atom stereocenters. The first-order valence-corrected chi connectivity index (χ1v) is 8.64. The van der Waals surface area contributed by atoms with Crippen LogP contribution in [0.3, 0.4) is 0 Å². The van der Waals surface area contributed by atoms with Crippen LogP contribution in [-0.4, -0.2) is 24.5 Å². The molecule has 3 N–H and O–H groups in total. The number of fused-ring (bicyclic) bond motifs is 1. The van der Waals surface area contributed by atoms with Gasteiger partial charge in [0.05, 0.1) is 29.1 Å². The lowest BCUT2D eigenvalue weighted by Crippen LogP contribution is -2.11. The number of benzene rings is 2. The number of anilines is 3. The number of hydrogen-bond donors (Lipinski definition) is 2. The summed E-state index contributed by atoms with van der Waals surface area (Å²) in [6, 6.07) is 13.7. The lowest BCUT2D eigenvalue weighted by atomic mass is 10.2. The van der Waals surface area contributed by atoms with Crippen molar-refractivity contribution in [2.75, 3.05) is 11.1 Å². The molecule has 0 saturated heterocycles. The molecule has 2 heterocycles. The fraction of sp³-hybridized carbons (Fsp3) is 0.105. The third-order valence-electron chi connectivity index (χ3n) is 4.18. The Bertz CT molecular complexity index is 1260. The molecule has 0 saturated carbocycles. The summed E-state index contributed by atoms with van der Waals surface area (Å²) >= 11 is 0. The Morgan fingerprint density at radius 2 is 1.73 bits per heavy atom. The van der Waals surface area contributed by atoms with Crippen molar-refractivity contribution >= 4 is 28.6 Å². The van der Waals surface area contributed by atoms with Gasteiger partial charge in [0.2, 0.25) is 17.8 Å². The van der Waals surface area contributed by atoms with Crippen LogP contribution < -0.4 is 11.1 Å². The predicted molar refractivity (Wildman–Crippen MR) is 103 cm³/mol. The second kappa shape index (κ2) is 7.32. The van der Waals surface area contributed by atoms with Gasteiger partial charge in [0, 0.05) is 5.69 Å². The molecule has 8 nitrogen and oxygen atoms in total. The molecule has 0 amide bonds. The van der Waals surface area contributed by atoms with E-state index in [-0.39, 0.29) is 24.3 Å². The maximum atomic E-state index is 12.7. The fourth-order valence-electron chi connectivity index (χ4n) is 2.90. The number of rotatable bonds is 4. The second-order valence-electron chi connectivity index (χ2n) is 6.20. The summed E-state index contributed by atoms with van der Waals surface area (Å²) in [5.41, 5.74) is 6.72. The van der Waals surface area contributed by atoms with E-state index in [1.807, 2.05) is 18.2 Å². The second-order valence-corrected chi connectivity index (χ2v) is 6.20. The van der Waals surface area contributed by atoms with E-state index in [2.05, 4.69) is 25.3 Å². The molecular formula is C19H13F3N8. The van der Waals surface area contributed by atoms with Crippen molar-refractivity contribution in [2.45, 2.75) is 12.6 Å². The van der Waals surface area contributed by atoms with Gasteiger partial charge in [-0.15, -0.1) is 0 Å². The highest BCUT2D eigenvalue weighted by Gasteiger charge is 2.30. The molecular weight excluding hydrogens is 397 g/mol. The number of alkyl halides is 3. The van der Waals surface area contributed by atoms with Gasteiger partial charge in [-0.3, -0.25) is 4.57 Å². The highest BCUT2D eigenvalue weighted by Crippen LogP contribution is 2.30. The van der Waals surface area contributed by atoms with Crippen molar-refractivity contribution in [1.29, 1.82) is 5.26 Å². The van der Waals surface area contributed by atoms with Crippen molar-refractivity contribution < 1.29 is 13.2 Å². The molecule has 2 aromatic carbocycles. The number of hydrogen-bond acceptors (Lipinski definition) is 7. The van der Waals surface area contributed by atoms with Crippen LogP contribution in [0.1, 0.15) is 11.4 Å².